The molecule has 1 fully saturated rings. The predicted molar refractivity (Wildman–Crippen MR) is 72.7 cm³/mol. The molecule has 1 rings (SSSR count). The summed E-state index contributed by atoms with van der Waals surface area (Å²) in [4.78, 5) is 16.1. The van der Waals surface area contributed by atoms with E-state index in [0.29, 0.717) is 6.54 Å². The van der Waals surface area contributed by atoms with E-state index >= 15 is 0 Å². The fourth-order valence-corrected chi connectivity index (χ4v) is 1.99. The number of amides is 1. The van der Waals surface area contributed by atoms with Gasteiger partial charge < -0.3 is 10.1 Å². The molecule has 1 N–H and O–H groups in total. The minimum absolute atomic E-state index is 0.127. The second-order valence-electron chi connectivity index (χ2n) is 4.90. The van der Waals surface area contributed by atoms with Crippen molar-refractivity contribution >= 4 is 5.91 Å². The van der Waals surface area contributed by atoms with Crippen molar-refractivity contribution in [1.82, 2.24) is 15.1 Å². The van der Waals surface area contributed by atoms with Crippen molar-refractivity contribution in [2.45, 2.75) is 19.8 Å². The molecule has 0 bridgehead atoms. The summed E-state index contributed by atoms with van der Waals surface area (Å²) >= 11 is 0. The molecule has 0 aromatic rings. The van der Waals surface area contributed by atoms with Crippen molar-refractivity contribution < 1.29 is 9.53 Å². The van der Waals surface area contributed by atoms with Crippen LogP contribution in [-0.4, -0.2) is 75.2 Å². The van der Waals surface area contributed by atoms with Gasteiger partial charge in [-0.2, -0.15) is 0 Å². The third-order valence-corrected chi connectivity index (χ3v) is 3.16. The van der Waals surface area contributed by atoms with Crippen LogP contribution in [0.2, 0.25) is 0 Å². The first-order chi connectivity index (χ1) is 8.72. The maximum Gasteiger partial charge on any atom is 0.234 e. The molecular weight excluding hydrogens is 230 g/mol. The van der Waals surface area contributed by atoms with Crippen LogP contribution in [-0.2, 0) is 9.53 Å². The molecule has 1 heterocycles. The fourth-order valence-electron chi connectivity index (χ4n) is 1.99. The lowest BCUT2D eigenvalue weighted by molar-refractivity contribution is -0.122. The number of hydrogen-bond acceptors (Lipinski definition) is 4. The third-order valence-electron chi connectivity index (χ3n) is 3.16. The van der Waals surface area contributed by atoms with E-state index in [1.165, 1.54) is 6.42 Å². The molecule has 0 spiro atoms. The van der Waals surface area contributed by atoms with Gasteiger partial charge in [0.05, 0.1) is 19.8 Å². The Morgan fingerprint density at radius 2 is 2.11 bits per heavy atom. The number of nitrogens with one attached hydrogen (secondary N) is 1. The zero-order valence-corrected chi connectivity index (χ0v) is 11.8. The molecule has 0 atom stereocenters. The Balaban J connectivity index is 2.01. The van der Waals surface area contributed by atoms with Crippen LogP contribution in [0.5, 0.6) is 0 Å². The summed E-state index contributed by atoms with van der Waals surface area (Å²) in [7, 11) is 2.00. The molecule has 0 radical (unpaired) electrons. The first-order valence-corrected chi connectivity index (χ1v) is 6.97. The molecule has 18 heavy (non-hydrogen) atoms. The molecule has 1 aliphatic heterocycles. The van der Waals surface area contributed by atoms with Gasteiger partial charge in [-0.25, -0.2) is 0 Å². The lowest BCUT2D eigenvalue weighted by atomic mass is 10.3. The predicted octanol–water partition coefficient (Wildman–Crippen LogP) is 0.167. The Morgan fingerprint density at radius 3 is 2.78 bits per heavy atom. The molecular formula is C13H27N3O2. The first-order valence-electron chi connectivity index (χ1n) is 6.97. The minimum Gasteiger partial charge on any atom is -0.379 e. The molecule has 0 aliphatic carbocycles. The number of nitrogens with zero attached hydrogens (tertiary/aromatic N) is 2. The fraction of sp³-hybridized carbons (Fsp3) is 0.923. The zero-order valence-electron chi connectivity index (χ0n) is 11.8. The maximum atomic E-state index is 11.7. The lowest BCUT2D eigenvalue weighted by Crippen LogP contribution is -2.43. The van der Waals surface area contributed by atoms with Gasteiger partial charge >= 0.3 is 0 Å². The third kappa shape index (κ3) is 6.93. The highest BCUT2D eigenvalue weighted by atomic mass is 16.5. The molecule has 0 aromatic carbocycles. The highest BCUT2D eigenvalue weighted by Gasteiger charge is 2.10. The van der Waals surface area contributed by atoms with Crippen LogP contribution in [0.25, 0.3) is 0 Å². The Hall–Kier alpha value is -0.650. The second-order valence-corrected chi connectivity index (χ2v) is 4.90. The van der Waals surface area contributed by atoms with Crippen molar-refractivity contribution in [2.75, 3.05) is 59.5 Å². The maximum absolute atomic E-state index is 11.7. The van der Waals surface area contributed by atoms with E-state index in [1.54, 1.807) is 0 Å². The topological polar surface area (TPSA) is 44.8 Å². The molecule has 1 aliphatic rings. The zero-order chi connectivity index (χ0) is 13.2. The van der Waals surface area contributed by atoms with Gasteiger partial charge in [0.2, 0.25) is 5.91 Å². The number of unbranched alkanes of at least 4 members (excludes halogenated alkanes) is 1. The summed E-state index contributed by atoms with van der Waals surface area (Å²) in [6.45, 7) is 8.90. The van der Waals surface area contributed by atoms with Crippen molar-refractivity contribution in [3.05, 3.63) is 0 Å². The number of morpholine rings is 1. The summed E-state index contributed by atoms with van der Waals surface area (Å²) in [6.07, 6.45) is 2.32. The van der Waals surface area contributed by atoms with Gasteiger partial charge in [-0.3, -0.25) is 14.6 Å². The van der Waals surface area contributed by atoms with Crippen LogP contribution in [0.15, 0.2) is 0 Å². The summed E-state index contributed by atoms with van der Waals surface area (Å²) < 4.78 is 5.28. The highest BCUT2D eigenvalue weighted by molar-refractivity contribution is 5.77. The molecule has 0 saturated carbocycles. The summed E-state index contributed by atoms with van der Waals surface area (Å²) in [5, 5.41) is 2.97. The SMILES string of the molecule is CCCCN(C)CC(=O)NCCN1CCOCC1. The van der Waals surface area contributed by atoms with Crippen LogP contribution < -0.4 is 5.32 Å². The van der Waals surface area contributed by atoms with Crippen LogP contribution in [0.1, 0.15) is 19.8 Å². The Kier molecular flexibility index (Phi) is 7.96. The smallest absolute Gasteiger partial charge is 0.234 e. The summed E-state index contributed by atoms with van der Waals surface area (Å²) in [5.74, 6) is 0.127. The van der Waals surface area contributed by atoms with Crippen LogP contribution in [0.3, 0.4) is 0 Å². The van der Waals surface area contributed by atoms with Gasteiger partial charge in [-0.05, 0) is 20.0 Å². The lowest BCUT2D eigenvalue weighted by Gasteiger charge is -2.26. The Labute approximate surface area is 110 Å². The van der Waals surface area contributed by atoms with Gasteiger partial charge in [-0.15, -0.1) is 0 Å². The van der Waals surface area contributed by atoms with Gasteiger partial charge in [0.15, 0.2) is 0 Å². The number of carbonyl (C=O) groups is 1. The average Bonchev–Trinajstić information content (AvgIpc) is 2.37. The summed E-state index contributed by atoms with van der Waals surface area (Å²) in [6, 6.07) is 0. The van der Waals surface area contributed by atoms with Crippen molar-refractivity contribution in [3.8, 4) is 0 Å². The van der Waals surface area contributed by atoms with Crippen molar-refractivity contribution in [1.29, 1.82) is 0 Å². The van der Waals surface area contributed by atoms with Crippen LogP contribution in [0, 0.1) is 0 Å². The first kappa shape index (κ1) is 15.4. The van der Waals surface area contributed by atoms with Crippen molar-refractivity contribution in [2.24, 2.45) is 0 Å². The summed E-state index contributed by atoms with van der Waals surface area (Å²) in [5.41, 5.74) is 0. The van der Waals surface area contributed by atoms with Gasteiger partial charge in [0.1, 0.15) is 0 Å². The normalized spacial score (nSPS) is 17.1. The molecule has 106 valence electrons. The molecule has 0 unspecified atom stereocenters. The van der Waals surface area contributed by atoms with Gasteiger partial charge in [0.25, 0.3) is 0 Å². The van der Waals surface area contributed by atoms with Crippen LogP contribution in [0.4, 0.5) is 0 Å². The monoisotopic (exact) mass is 257 g/mol. The molecule has 5 nitrogen and oxygen atoms in total. The van der Waals surface area contributed by atoms with E-state index in [2.05, 4.69) is 22.0 Å². The quantitative estimate of drug-likeness (QED) is 0.673. The van der Waals surface area contributed by atoms with Gasteiger partial charge in [0, 0.05) is 26.2 Å². The molecule has 1 saturated heterocycles. The van der Waals surface area contributed by atoms with Crippen LogP contribution >= 0.6 is 0 Å². The van der Waals surface area contributed by atoms with E-state index in [-0.39, 0.29) is 5.91 Å². The highest BCUT2D eigenvalue weighted by Crippen LogP contribution is 1.95. The largest absolute Gasteiger partial charge is 0.379 e. The van der Waals surface area contributed by atoms with Gasteiger partial charge in [-0.1, -0.05) is 13.3 Å². The number of likely N-dealkylation sites (N-methyl/N-ethyl adjacent to an activating group) is 1. The van der Waals surface area contributed by atoms with Crippen molar-refractivity contribution in [3.63, 3.8) is 0 Å². The standard InChI is InChI=1S/C13H27N3O2/c1-3-4-6-15(2)12-13(17)14-5-7-16-8-10-18-11-9-16/h3-12H2,1-2H3,(H,14,17). The number of rotatable bonds is 8. The number of carbonyl (C=O) groups excluding carboxylic acids is 1. The Bertz CT molecular complexity index is 230. The molecule has 1 amide bonds. The van der Waals surface area contributed by atoms with E-state index in [1.807, 2.05) is 7.05 Å². The average molecular weight is 257 g/mol. The molecule has 0 aromatic heterocycles. The minimum atomic E-state index is 0.127. The second kappa shape index (κ2) is 9.30. The number of ether oxygens (including phenoxy) is 1. The Morgan fingerprint density at radius 1 is 1.39 bits per heavy atom. The van der Waals surface area contributed by atoms with E-state index in [0.717, 1.165) is 52.4 Å². The number of hydrogen-bond donors (Lipinski definition) is 1. The van der Waals surface area contributed by atoms with E-state index in [4.69, 9.17) is 4.74 Å². The van der Waals surface area contributed by atoms with E-state index < -0.39 is 0 Å². The molecule has 5 heteroatoms. The van der Waals surface area contributed by atoms with E-state index in [9.17, 15) is 4.79 Å².